The van der Waals surface area contributed by atoms with Crippen LogP contribution in [0.15, 0.2) is 41.8 Å². The average Bonchev–Trinajstić information content (AvgIpc) is 3.31. The van der Waals surface area contributed by atoms with Gasteiger partial charge in [-0.2, -0.15) is 0 Å². The highest BCUT2D eigenvalue weighted by Crippen LogP contribution is 2.27. The summed E-state index contributed by atoms with van der Waals surface area (Å²) in [4.78, 5) is 54.2. The monoisotopic (exact) mass is 428 g/mol. The number of carbonyl (C=O) groups is 4. The second-order valence-corrected chi connectivity index (χ2v) is 8.64. The Hall–Kier alpha value is -3.00. The van der Waals surface area contributed by atoms with E-state index >= 15 is 0 Å². The number of amides is 3. The lowest BCUT2D eigenvalue weighted by atomic mass is 10.0. The lowest BCUT2D eigenvalue weighted by molar-refractivity contribution is -0.155. The normalized spacial score (nSPS) is 14.1. The molecule has 8 heteroatoms. The van der Waals surface area contributed by atoms with Crippen molar-refractivity contribution >= 4 is 35.0 Å². The third-order valence-corrected chi connectivity index (χ3v) is 5.70. The quantitative estimate of drug-likeness (QED) is 0.477. The largest absolute Gasteiger partial charge is 0.454 e. The van der Waals surface area contributed by atoms with Crippen LogP contribution in [0, 0.1) is 5.92 Å². The highest BCUT2D eigenvalue weighted by molar-refractivity contribution is 7.09. The van der Waals surface area contributed by atoms with Gasteiger partial charge in [-0.25, -0.2) is 4.79 Å². The van der Waals surface area contributed by atoms with E-state index in [1.165, 1.54) is 16.2 Å². The Labute approximate surface area is 179 Å². The van der Waals surface area contributed by atoms with Crippen molar-refractivity contribution in [3.8, 4) is 0 Å². The van der Waals surface area contributed by atoms with Crippen molar-refractivity contribution in [2.45, 2.75) is 32.9 Å². The Morgan fingerprint density at radius 2 is 1.70 bits per heavy atom. The first-order chi connectivity index (χ1) is 14.3. The molecule has 0 bridgehead atoms. The van der Waals surface area contributed by atoms with Crippen LogP contribution in [0.1, 0.15) is 45.9 Å². The number of benzene rings is 1. The third-order valence-electron chi connectivity index (χ3n) is 4.84. The third kappa shape index (κ3) is 4.59. The lowest BCUT2D eigenvalue weighted by Crippen LogP contribution is -2.47. The Bertz CT molecular complexity index is 919. The zero-order valence-corrected chi connectivity index (χ0v) is 18.0. The van der Waals surface area contributed by atoms with Crippen molar-refractivity contribution in [1.82, 2.24) is 9.80 Å². The second kappa shape index (κ2) is 9.21. The number of nitrogens with zero attached hydrogens (tertiary/aromatic N) is 2. The molecule has 158 valence electrons. The fourth-order valence-electron chi connectivity index (χ4n) is 3.31. The maximum atomic E-state index is 12.8. The summed E-state index contributed by atoms with van der Waals surface area (Å²) in [7, 11) is 1.63. The summed E-state index contributed by atoms with van der Waals surface area (Å²) in [5.74, 6) is -2.11. The lowest BCUT2D eigenvalue weighted by Gasteiger charge is -2.26. The molecule has 0 fully saturated rings. The molecule has 1 atom stereocenters. The van der Waals surface area contributed by atoms with Crippen molar-refractivity contribution in [3.05, 3.63) is 57.8 Å². The van der Waals surface area contributed by atoms with Gasteiger partial charge < -0.3 is 9.64 Å². The van der Waals surface area contributed by atoms with Crippen LogP contribution in [0.2, 0.25) is 0 Å². The number of rotatable bonds is 8. The van der Waals surface area contributed by atoms with E-state index in [0.717, 1.165) is 9.78 Å². The van der Waals surface area contributed by atoms with E-state index in [1.807, 2.05) is 31.4 Å². The molecule has 0 aliphatic carbocycles. The van der Waals surface area contributed by atoms with Crippen molar-refractivity contribution in [1.29, 1.82) is 0 Å². The molecule has 1 aliphatic heterocycles. The number of hydrogen-bond acceptors (Lipinski definition) is 6. The summed E-state index contributed by atoms with van der Waals surface area (Å²) < 4.78 is 5.24. The molecule has 3 rings (SSSR count). The number of likely N-dealkylation sites (N-methyl/N-ethyl adjacent to an activating group) is 1. The molecule has 0 radical (unpaired) electrons. The molecular weight excluding hydrogens is 404 g/mol. The number of ether oxygens (including phenoxy) is 1. The van der Waals surface area contributed by atoms with E-state index in [2.05, 4.69) is 0 Å². The zero-order valence-electron chi connectivity index (χ0n) is 17.2. The standard InChI is InChI=1S/C22H24N2O5S/c1-14(2)11-18(24-20(26)16-8-4-5-9-17(16)21(24)27)22(28)29-13-19(25)23(3)12-15-7-6-10-30-15/h4-10,14,18H,11-13H2,1-3H3. The summed E-state index contributed by atoms with van der Waals surface area (Å²) in [6, 6.07) is 9.22. The van der Waals surface area contributed by atoms with Gasteiger partial charge in [0.25, 0.3) is 17.7 Å². The molecule has 30 heavy (non-hydrogen) atoms. The van der Waals surface area contributed by atoms with Gasteiger partial charge in [0.05, 0.1) is 17.7 Å². The fraction of sp³-hybridized carbons (Fsp3) is 0.364. The van der Waals surface area contributed by atoms with Gasteiger partial charge in [0.15, 0.2) is 6.61 Å². The molecule has 1 aromatic heterocycles. The molecular formula is C22H24N2O5S. The van der Waals surface area contributed by atoms with Gasteiger partial charge in [-0.05, 0) is 35.9 Å². The summed E-state index contributed by atoms with van der Waals surface area (Å²) in [5.41, 5.74) is 0.548. The van der Waals surface area contributed by atoms with E-state index in [1.54, 1.807) is 31.3 Å². The molecule has 0 saturated carbocycles. The molecule has 1 unspecified atom stereocenters. The minimum atomic E-state index is -1.08. The van der Waals surface area contributed by atoms with Gasteiger partial charge in [-0.3, -0.25) is 19.3 Å². The molecule has 0 spiro atoms. The zero-order chi connectivity index (χ0) is 21.8. The van der Waals surface area contributed by atoms with E-state index in [-0.39, 0.29) is 29.4 Å². The highest BCUT2D eigenvalue weighted by Gasteiger charge is 2.43. The van der Waals surface area contributed by atoms with Crippen molar-refractivity contribution in [2.75, 3.05) is 13.7 Å². The molecule has 0 saturated heterocycles. The van der Waals surface area contributed by atoms with Crippen molar-refractivity contribution in [2.24, 2.45) is 5.92 Å². The van der Waals surface area contributed by atoms with Crippen LogP contribution >= 0.6 is 11.3 Å². The topological polar surface area (TPSA) is 84.0 Å². The number of fused-ring (bicyclic) bond motifs is 1. The van der Waals surface area contributed by atoms with E-state index in [4.69, 9.17) is 4.74 Å². The van der Waals surface area contributed by atoms with Crippen molar-refractivity contribution < 1.29 is 23.9 Å². The summed E-state index contributed by atoms with van der Waals surface area (Å²) in [6.07, 6.45) is 0.253. The summed E-state index contributed by atoms with van der Waals surface area (Å²) >= 11 is 1.53. The predicted octanol–water partition coefficient (Wildman–Crippen LogP) is 2.96. The number of thiophene rings is 1. The first-order valence-electron chi connectivity index (χ1n) is 9.69. The van der Waals surface area contributed by atoms with Crippen LogP contribution < -0.4 is 0 Å². The summed E-state index contributed by atoms with van der Waals surface area (Å²) in [6.45, 7) is 3.75. The van der Waals surface area contributed by atoms with E-state index in [9.17, 15) is 19.2 Å². The molecule has 1 aliphatic rings. The average molecular weight is 429 g/mol. The Morgan fingerprint density at radius 3 is 2.23 bits per heavy atom. The predicted molar refractivity (Wildman–Crippen MR) is 112 cm³/mol. The highest BCUT2D eigenvalue weighted by atomic mass is 32.1. The van der Waals surface area contributed by atoms with Crippen molar-refractivity contribution in [3.63, 3.8) is 0 Å². The Morgan fingerprint density at radius 1 is 1.07 bits per heavy atom. The van der Waals surface area contributed by atoms with E-state index in [0.29, 0.717) is 6.54 Å². The number of hydrogen-bond donors (Lipinski definition) is 0. The van der Waals surface area contributed by atoms with Crippen LogP contribution in [0.3, 0.4) is 0 Å². The smallest absolute Gasteiger partial charge is 0.329 e. The molecule has 2 aromatic rings. The van der Waals surface area contributed by atoms with Crippen LogP contribution in [0.4, 0.5) is 0 Å². The van der Waals surface area contributed by atoms with Gasteiger partial charge in [0, 0.05) is 11.9 Å². The minimum absolute atomic E-state index is 0.0315. The van der Waals surface area contributed by atoms with Gasteiger partial charge in [0.1, 0.15) is 6.04 Å². The summed E-state index contributed by atoms with van der Waals surface area (Å²) in [5, 5.41) is 1.92. The van der Waals surface area contributed by atoms with Gasteiger partial charge in [0.2, 0.25) is 0 Å². The fourth-order valence-corrected chi connectivity index (χ4v) is 4.07. The van der Waals surface area contributed by atoms with Crippen LogP contribution in [0.5, 0.6) is 0 Å². The molecule has 3 amide bonds. The first-order valence-corrected chi connectivity index (χ1v) is 10.6. The van der Waals surface area contributed by atoms with E-state index < -0.39 is 30.4 Å². The van der Waals surface area contributed by atoms with Crippen LogP contribution in [-0.2, 0) is 20.9 Å². The number of esters is 1. The Kier molecular flexibility index (Phi) is 6.66. The van der Waals surface area contributed by atoms with Crippen LogP contribution in [-0.4, -0.2) is 53.2 Å². The van der Waals surface area contributed by atoms with Gasteiger partial charge >= 0.3 is 5.97 Å². The number of imide groups is 1. The minimum Gasteiger partial charge on any atom is -0.454 e. The Balaban J connectivity index is 1.68. The first kappa shape index (κ1) is 21.7. The maximum absolute atomic E-state index is 12.8. The molecule has 1 aromatic carbocycles. The van der Waals surface area contributed by atoms with Gasteiger partial charge in [-0.15, -0.1) is 11.3 Å². The SMILES string of the molecule is CC(C)CC(C(=O)OCC(=O)N(C)Cc1cccs1)N1C(=O)c2ccccc2C1=O. The number of carbonyl (C=O) groups excluding carboxylic acids is 4. The molecule has 2 heterocycles. The second-order valence-electron chi connectivity index (χ2n) is 7.61. The van der Waals surface area contributed by atoms with Crippen LogP contribution in [0.25, 0.3) is 0 Å². The van der Waals surface area contributed by atoms with Gasteiger partial charge in [-0.1, -0.05) is 32.0 Å². The maximum Gasteiger partial charge on any atom is 0.329 e. The molecule has 7 nitrogen and oxygen atoms in total. The molecule has 0 N–H and O–H groups in total.